The average Bonchev–Trinajstić information content (AvgIpc) is 2.25. The molecule has 0 unspecified atom stereocenters. The summed E-state index contributed by atoms with van der Waals surface area (Å²) in [5.74, 6) is -0.0641. The van der Waals surface area contributed by atoms with E-state index in [0.717, 1.165) is 10.0 Å². The Labute approximate surface area is 118 Å². The Morgan fingerprint density at radius 2 is 2.00 bits per heavy atom. The SMILES string of the molecule is Cc1cc(Br)cc(C(=O)Nc2cc(C)[nH]c(=O)n2)c1. The van der Waals surface area contributed by atoms with Gasteiger partial charge in [-0.05, 0) is 37.6 Å². The maximum Gasteiger partial charge on any atom is 0.347 e. The number of aryl methyl sites for hydroxylation is 2. The number of H-pyrrole nitrogens is 1. The van der Waals surface area contributed by atoms with Crippen molar-refractivity contribution in [2.45, 2.75) is 13.8 Å². The van der Waals surface area contributed by atoms with Crippen LogP contribution in [0, 0.1) is 13.8 Å². The van der Waals surface area contributed by atoms with Gasteiger partial charge < -0.3 is 10.3 Å². The van der Waals surface area contributed by atoms with Gasteiger partial charge in [0.05, 0.1) is 0 Å². The molecule has 0 radical (unpaired) electrons. The number of nitrogens with one attached hydrogen (secondary N) is 2. The number of aromatic amines is 1. The predicted molar refractivity (Wildman–Crippen MR) is 76.4 cm³/mol. The monoisotopic (exact) mass is 321 g/mol. The number of halogens is 1. The highest BCUT2D eigenvalue weighted by atomic mass is 79.9. The first-order valence-corrected chi connectivity index (χ1v) is 6.40. The third kappa shape index (κ3) is 3.51. The number of benzene rings is 1. The smallest absolute Gasteiger partial charge is 0.310 e. The maximum atomic E-state index is 12.1. The summed E-state index contributed by atoms with van der Waals surface area (Å²) in [6, 6.07) is 6.99. The predicted octanol–water partition coefficient (Wildman–Crippen LogP) is 2.40. The van der Waals surface area contributed by atoms with Crippen molar-refractivity contribution in [3.63, 3.8) is 0 Å². The third-order valence-electron chi connectivity index (χ3n) is 2.43. The lowest BCUT2D eigenvalue weighted by Crippen LogP contribution is -2.19. The van der Waals surface area contributed by atoms with Crippen molar-refractivity contribution in [2.75, 3.05) is 5.32 Å². The summed E-state index contributed by atoms with van der Waals surface area (Å²) < 4.78 is 0.827. The molecule has 0 atom stereocenters. The summed E-state index contributed by atoms with van der Waals surface area (Å²) in [5.41, 5.74) is 1.63. The lowest BCUT2D eigenvalue weighted by molar-refractivity contribution is 0.102. The Hall–Kier alpha value is -1.95. The number of nitrogens with zero attached hydrogens (tertiary/aromatic N) is 1. The van der Waals surface area contributed by atoms with Crippen molar-refractivity contribution in [3.05, 3.63) is 56.0 Å². The van der Waals surface area contributed by atoms with Crippen LogP contribution in [0.25, 0.3) is 0 Å². The minimum absolute atomic E-state index is 0.240. The number of carbonyl (C=O) groups excluding carboxylic acids is 1. The molecule has 2 rings (SSSR count). The van der Waals surface area contributed by atoms with E-state index in [-0.39, 0.29) is 11.7 Å². The maximum absolute atomic E-state index is 12.1. The van der Waals surface area contributed by atoms with E-state index in [1.165, 1.54) is 0 Å². The largest absolute Gasteiger partial charge is 0.347 e. The van der Waals surface area contributed by atoms with E-state index in [0.29, 0.717) is 11.3 Å². The van der Waals surface area contributed by atoms with E-state index < -0.39 is 5.69 Å². The highest BCUT2D eigenvalue weighted by Crippen LogP contribution is 2.16. The summed E-state index contributed by atoms with van der Waals surface area (Å²) >= 11 is 3.34. The standard InChI is InChI=1S/C13H12BrN3O2/c1-7-3-9(6-10(14)4-7)12(18)16-11-5-8(2)15-13(19)17-11/h3-6H,1-2H3,(H2,15,16,17,18,19). The van der Waals surface area contributed by atoms with Gasteiger partial charge in [-0.1, -0.05) is 15.9 Å². The van der Waals surface area contributed by atoms with Crippen molar-refractivity contribution >= 4 is 27.7 Å². The van der Waals surface area contributed by atoms with Crippen LogP contribution in [0.3, 0.4) is 0 Å². The zero-order chi connectivity index (χ0) is 14.0. The van der Waals surface area contributed by atoms with E-state index in [9.17, 15) is 9.59 Å². The molecule has 0 spiro atoms. The molecule has 0 aliphatic rings. The van der Waals surface area contributed by atoms with Crippen LogP contribution in [0.5, 0.6) is 0 Å². The highest BCUT2D eigenvalue weighted by molar-refractivity contribution is 9.10. The quantitative estimate of drug-likeness (QED) is 0.891. The van der Waals surface area contributed by atoms with Crippen molar-refractivity contribution in [1.82, 2.24) is 9.97 Å². The second-order valence-electron chi connectivity index (χ2n) is 4.23. The Balaban J connectivity index is 2.27. The van der Waals surface area contributed by atoms with Crippen LogP contribution in [-0.2, 0) is 0 Å². The summed E-state index contributed by atoms with van der Waals surface area (Å²) in [6.45, 7) is 3.62. The van der Waals surface area contributed by atoms with Gasteiger partial charge in [-0.15, -0.1) is 0 Å². The van der Waals surface area contributed by atoms with E-state index >= 15 is 0 Å². The van der Waals surface area contributed by atoms with Gasteiger partial charge in [0, 0.05) is 21.8 Å². The first kappa shape index (κ1) is 13.5. The fraction of sp³-hybridized carbons (Fsp3) is 0.154. The van der Waals surface area contributed by atoms with Gasteiger partial charge in [0.1, 0.15) is 5.82 Å². The second-order valence-corrected chi connectivity index (χ2v) is 5.14. The van der Waals surface area contributed by atoms with Crippen molar-refractivity contribution < 1.29 is 4.79 Å². The minimum atomic E-state index is -0.485. The zero-order valence-corrected chi connectivity index (χ0v) is 12.0. The van der Waals surface area contributed by atoms with Crippen LogP contribution >= 0.6 is 15.9 Å². The molecule has 1 heterocycles. The van der Waals surface area contributed by atoms with Gasteiger partial charge in [0.15, 0.2) is 0 Å². The molecule has 19 heavy (non-hydrogen) atoms. The fourth-order valence-electron chi connectivity index (χ4n) is 1.70. The minimum Gasteiger partial charge on any atom is -0.310 e. The summed E-state index contributed by atoms with van der Waals surface area (Å²) in [5, 5.41) is 2.60. The lowest BCUT2D eigenvalue weighted by Gasteiger charge is -2.06. The summed E-state index contributed by atoms with van der Waals surface area (Å²) in [6.07, 6.45) is 0. The van der Waals surface area contributed by atoms with Gasteiger partial charge in [0.25, 0.3) is 5.91 Å². The molecule has 6 heteroatoms. The van der Waals surface area contributed by atoms with Gasteiger partial charge >= 0.3 is 5.69 Å². The van der Waals surface area contributed by atoms with Crippen LogP contribution in [0.2, 0.25) is 0 Å². The van der Waals surface area contributed by atoms with Crippen LogP contribution < -0.4 is 11.0 Å². The molecule has 98 valence electrons. The first-order valence-electron chi connectivity index (χ1n) is 5.60. The zero-order valence-electron chi connectivity index (χ0n) is 10.5. The highest BCUT2D eigenvalue weighted by Gasteiger charge is 2.09. The second kappa shape index (κ2) is 5.36. The number of carbonyl (C=O) groups is 1. The Morgan fingerprint density at radius 1 is 1.26 bits per heavy atom. The lowest BCUT2D eigenvalue weighted by atomic mass is 10.1. The van der Waals surface area contributed by atoms with E-state index in [1.807, 2.05) is 13.0 Å². The number of hydrogen-bond donors (Lipinski definition) is 2. The fourth-order valence-corrected chi connectivity index (χ4v) is 2.31. The van der Waals surface area contributed by atoms with Crippen LogP contribution in [0.1, 0.15) is 21.6 Å². The van der Waals surface area contributed by atoms with Crippen LogP contribution in [0.15, 0.2) is 33.5 Å². The van der Waals surface area contributed by atoms with Crippen LogP contribution in [-0.4, -0.2) is 15.9 Å². The van der Waals surface area contributed by atoms with Gasteiger partial charge in [0.2, 0.25) is 0 Å². The number of hydrogen-bond acceptors (Lipinski definition) is 3. The Kier molecular flexibility index (Phi) is 3.80. The van der Waals surface area contributed by atoms with Crippen molar-refractivity contribution in [3.8, 4) is 0 Å². The van der Waals surface area contributed by atoms with Crippen molar-refractivity contribution in [2.24, 2.45) is 0 Å². The van der Waals surface area contributed by atoms with Gasteiger partial charge in [-0.2, -0.15) is 4.98 Å². The molecule has 1 amide bonds. The Morgan fingerprint density at radius 3 is 2.63 bits per heavy atom. The Bertz CT molecular complexity index is 674. The average molecular weight is 322 g/mol. The van der Waals surface area contributed by atoms with Crippen molar-refractivity contribution in [1.29, 1.82) is 0 Å². The number of rotatable bonds is 2. The summed E-state index contributed by atoms with van der Waals surface area (Å²) in [4.78, 5) is 29.5. The molecule has 0 aliphatic carbocycles. The molecule has 5 nitrogen and oxygen atoms in total. The normalized spacial score (nSPS) is 10.3. The number of anilines is 1. The van der Waals surface area contributed by atoms with E-state index in [1.54, 1.807) is 25.1 Å². The van der Waals surface area contributed by atoms with E-state index in [2.05, 4.69) is 31.2 Å². The molecule has 1 aromatic carbocycles. The topological polar surface area (TPSA) is 74.8 Å². The summed E-state index contributed by atoms with van der Waals surface area (Å²) in [7, 11) is 0. The molecule has 0 aliphatic heterocycles. The van der Waals surface area contributed by atoms with Gasteiger partial charge in [-0.3, -0.25) is 4.79 Å². The molecular formula is C13H12BrN3O2. The number of aromatic nitrogens is 2. The third-order valence-corrected chi connectivity index (χ3v) is 2.88. The molecule has 0 bridgehead atoms. The molecule has 0 fully saturated rings. The molecule has 2 N–H and O–H groups in total. The molecule has 1 aromatic heterocycles. The van der Waals surface area contributed by atoms with Gasteiger partial charge in [-0.25, -0.2) is 4.79 Å². The van der Waals surface area contributed by atoms with E-state index in [4.69, 9.17) is 0 Å². The molecule has 2 aromatic rings. The molecule has 0 saturated heterocycles. The van der Waals surface area contributed by atoms with Crippen LogP contribution in [0.4, 0.5) is 5.82 Å². The molecular weight excluding hydrogens is 310 g/mol. The molecule has 0 saturated carbocycles. The first-order chi connectivity index (χ1) is 8.94. The number of amides is 1.